The first-order valence-electron chi connectivity index (χ1n) is 8.26. The molecule has 0 saturated heterocycles. The summed E-state index contributed by atoms with van der Waals surface area (Å²) in [6, 6.07) is 15.0. The maximum atomic E-state index is 11.5. The van der Waals surface area contributed by atoms with Gasteiger partial charge in [-0.1, -0.05) is 23.4 Å². The van der Waals surface area contributed by atoms with Crippen molar-refractivity contribution < 1.29 is 14.3 Å². The summed E-state index contributed by atoms with van der Waals surface area (Å²) in [5.74, 6) is 1.26. The second-order valence-electron chi connectivity index (χ2n) is 5.44. The summed E-state index contributed by atoms with van der Waals surface area (Å²) in [6.45, 7) is 2.54. The SMILES string of the molecule is CCOc1ccc(-n2c(SCC(=O)OC)nnc2-c2ccc(Cl)cc2)cc1. The highest BCUT2D eigenvalue weighted by Gasteiger charge is 2.17. The van der Waals surface area contributed by atoms with Gasteiger partial charge in [-0.25, -0.2) is 0 Å². The number of rotatable bonds is 7. The molecule has 8 heteroatoms. The van der Waals surface area contributed by atoms with Crippen LogP contribution in [0.25, 0.3) is 17.1 Å². The molecule has 3 rings (SSSR count). The van der Waals surface area contributed by atoms with Gasteiger partial charge >= 0.3 is 5.97 Å². The number of hydrogen-bond acceptors (Lipinski definition) is 6. The molecule has 1 heterocycles. The van der Waals surface area contributed by atoms with E-state index >= 15 is 0 Å². The van der Waals surface area contributed by atoms with Crippen molar-refractivity contribution in [3.63, 3.8) is 0 Å². The van der Waals surface area contributed by atoms with E-state index in [4.69, 9.17) is 21.1 Å². The number of aromatic nitrogens is 3. The fourth-order valence-corrected chi connectivity index (χ4v) is 3.33. The fourth-order valence-electron chi connectivity index (χ4n) is 2.42. The highest BCUT2D eigenvalue weighted by molar-refractivity contribution is 7.99. The van der Waals surface area contributed by atoms with Crippen LogP contribution in [-0.2, 0) is 9.53 Å². The molecule has 0 aliphatic carbocycles. The number of benzene rings is 2. The molecule has 0 spiro atoms. The van der Waals surface area contributed by atoms with Crippen molar-refractivity contribution in [1.29, 1.82) is 0 Å². The highest BCUT2D eigenvalue weighted by atomic mass is 35.5. The molecule has 3 aromatic rings. The molecule has 0 amide bonds. The summed E-state index contributed by atoms with van der Waals surface area (Å²) in [5.41, 5.74) is 1.73. The molecule has 0 saturated carbocycles. The van der Waals surface area contributed by atoms with Gasteiger partial charge in [-0.3, -0.25) is 9.36 Å². The monoisotopic (exact) mass is 403 g/mol. The molecule has 0 radical (unpaired) electrons. The number of methoxy groups -OCH3 is 1. The van der Waals surface area contributed by atoms with Crippen LogP contribution in [0.1, 0.15) is 6.92 Å². The molecule has 0 aliphatic heterocycles. The number of esters is 1. The van der Waals surface area contributed by atoms with Gasteiger partial charge in [-0.05, 0) is 55.5 Å². The summed E-state index contributed by atoms with van der Waals surface area (Å²) >= 11 is 7.26. The van der Waals surface area contributed by atoms with Crippen LogP contribution in [-0.4, -0.2) is 40.2 Å². The van der Waals surface area contributed by atoms with Crippen LogP contribution in [0.3, 0.4) is 0 Å². The van der Waals surface area contributed by atoms with Gasteiger partial charge in [0, 0.05) is 16.3 Å². The van der Waals surface area contributed by atoms with Crippen molar-refractivity contribution >= 4 is 29.3 Å². The van der Waals surface area contributed by atoms with Crippen LogP contribution in [0.4, 0.5) is 0 Å². The Kier molecular flexibility index (Phi) is 6.36. The van der Waals surface area contributed by atoms with E-state index in [0.717, 1.165) is 17.0 Å². The third-order valence-corrected chi connectivity index (χ3v) is 4.84. The third kappa shape index (κ3) is 4.61. The van der Waals surface area contributed by atoms with Gasteiger partial charge in [-0.2, -0.15) is 0 Å². The van der Waals surface area contributed by atoms with Crippen LogP contribution in [0.2, 0.25) is 5.02 Å². The summed E-state index contributed by atoms with van der Waals surface area (Å²) in [7, 11) is 1.36. The van der Waals surface area contributed by atoms with Crippen molar-refractivity contribution in [3.8, 4) is 22.8 Å². The lowest BCUT2D eigenvalue weighted by atomic mass is 10.2. The van der Waals surface area contributed by atoms with E-state index < -0.39 is 0 Å². The van der Waals surface area contributed by atoms with Gasteiger partial charge in [0.05, 0.1) is 19.5 Å². The topological polar surface area (TPSA) is 66.2 Å². The quantitative estimate of drug-likeness (QED) is 0.434. The number of hydrogen-bond donors (Lipinski definition) is 0. The van der Waals surface area contributed by atoms with Gasteiger partial charge in [0.15, 0.2) is 11.0 Å². The average Bonchev–Trinajstić information content (AvgIpc) is 3.11. The first-order valence-corrected chi connectivity index (χ1v) is 9.63. The molecule has 0 aliphatic rings. The lowest BCUT2D eigenvalue weighted by molar-refractivity contribution is -0.137. The van der Waals surface area contributed by atoms with Crippen LogP contribution >= 0.6 is 23.4 Å². The van der Waals surface area contributed by atoms with Crippen LogP contribution in [0.15, 0.2) is 53.7 Å². The highest BCUT2D eigenvalue weighted by Crippen LogP contribution is 2.29. The molecule has 27 heavy (non-hydrogen) atoms. The third-order valence-electron chi connectivity index (χ3n) is 3.69. The number of carbonyl (C=O) groups excluding carboxylic acids is 1. The van der Waals surface area contributed by atoms with E-state index in [1.54, 1.807) is 12.1 Å². The van der Waals surface area contributed by atoms with Gasteiger partial charge in [-0.15, -0.1) is 10.2 Å². The molecular formula is C19H18ClN3O3S. The normalized spacial score (nSPS) is 10.6. The van der Waals surface area contributed by atoms with Crippen molar-refractivity contribution in [2.24, 2.45) is 0 Å². The van der Waals surface area contributed by atoms with Crippen LogP contribution in [0, 0.1) is 0 Å². The van der Waals surface area contributed by atoms with Gasteiger partial charge in [0.2, 0.25) is 0 Å². The molecule has 0 fully saturated rings. The van der Waals surface area contributed by atoms with E-state index in [2.05, 4.69) is 10.2 Å². The maximum absolute atomic E-state index is 11.5. The lowest BCUT2D eigenvalue weighted by Gasteiger charge is -2.11. The molecular weight excluding hydrogens is 386 g/mol. The van der Waals surface area contributed by atoms with Gasteiger partial charge in [0.25, 0.3) is 0 Å². The van der Waals surface area contributed by atoms with Crippen LogP contribution in [0.5, 0.6) is 5.75 Å². The van der Waals surface area contributed by atoms with Gasteiger partial charge in [0.1, 0.15) is 5.75 Å². The minimum absolute atomic E-state index is 0.145. The molecule has 1 aromatic heterocycles. The molecule has 0 N–H and O–H groups in total. The Morgan fingerprint density at radius 3 is 2.44 bits per heavy atom. The minimum atomic E-state index is -0.325. The average molecular weight is 404 g/mol. The minimum Gasteiger partial charge on any atom is -0.494 e. The van der Waals surface area contributed by atoms with E-state index in [1.807, 2.05) is 47.9 Å². The van der Waals surface area contributed by atoms with Gasteiger partial charge < -0.3 is 9.47 Å². The first kappa shape index (κ1) is 19.3. The Balaban J connectivity index is 2.02. The zero-order valence-corrected chi connectivity index (χ0v) is 16.5. The van der Waals surface area contributed by atoms with E-state index in [9.17, 15) is 4.79 Å². The number of nitrogens with zero attached hydrogens (tertiary/aromatic N) is 3. The number of thioether (sulfide) groups is 1. The summed E-state index contributed by atoms with van der Waals surface area (Å²) in [5, 5.41) is 9.82. The van der Waals surface area contributed by atoms with E-state index in [0.29, 0.717) is 22.6 Å². The van der Waals surface area contributed by atoms with Crippen molar-refractivity contribution in [2.45, 2.75) is 12.1 Å². The standard InChI is InChI=1S/C19H18ClN3O3S/c1-3-26-16-10-8-15(9-11-16)23-18(13-4-6-14(20)7-5-13)21-22-19(23)27-12-17(24)25-2/h4-11H,3,12H2,1-2H3. The van der Waals surface area contributed by atoms with Crippen molar-refractivity contribution in [2.75, 3.05) is 19.5 Å². The fraction of sp³-hybridized carbons (Fsp3) is 0.211. The Hall–Kier alpha value is -2.51. The van der Waals surface area contributed by atoms with Crippen molar-refractivity contribution in [3.05, 3.63) is 53.6 Å². The molecule has 0 unspecified atom stereocenters. The molecule has 2 aromatic carbocycles. The Morgan fingerprint density at radius 1 is 1.11 bits per heavy atom. The maximum Gasteiger partial charge on any atom is 0.316 e. The predicted octanol–water partition coefficient (Wildman–Crippen LogP) is 4.25. The Bertz CT molecular complexity index is 911. The molecule has 140 valence electrons. The Labute approximate surface area is 166 Å². The second kappa shape index (κ2) is 8.92. The molecule has 0 atom stereocenters. The number of ether oxygens (including phenoxy) is 2. The Morgan fingerprint density at radius 2 is 1.81 bits per heavy atom. The first-order chi connectivity index (χ1) is 13.1. The number of halogens is 1. The zero-order valence-electron chi connectivity index (χ0n) is 14.9. The van der Waals surface area contributed by atoms with E-state index in [-0.39, 0.29) is 11.7 Å². The summed E-state index contributed by atoms with van der Waals surface area (Å²) < 4.78 is 12.1. The van der Waals surface area contributed by atoms with Crippen molar-refractivity contribution in [1.82, 2.24) is 14.8 Å². The molecule has 0 bridgehead atoms. The smallest absolute Gasteiger partial charge is 0.316 e. The second-order valence-corrected chi connectivity index (χ2v) is 6.82. The molecule has 6 nitrogen and oxygen atoms in total. The van der Waals surface area contributed by atoms with E-state index in [1.165, 1.54) is 18.9 Å². The largest absolute Gasteiger partial charge is 0.494 e. The van der Waals surface area contributed by atoms with Crippen LogP contribution < -0.4 is 4.74 Å². The lowest BCUT2D eigenvalue weighted by Crippen LogP contribution is -2.05. The zero-order chi connectivity index (χ0) is 19.2. The summed E-state index contributed by atoms with van der Waals surface area (Å²) in [6.07, 6.45) is 0. The predicted molar refractivity (Wildman–Crippen MR) is 106 cm³/mol. The summed E-state index contributed by atoms with van der Waals surface area (Å²) in [4.78, 5) is 11.5. The number of carbonyl (C=O) groups is 1.